The van der Waals surface area contributed by atoms with Crippen LogP contribution in [0.5, 0.6) is 0 Å². The lowest BCUT2D eigenvalue weighted by Crippen LogP contribution is -1.97. The van der Waals surface area contributed by atoms with Gasteiger partial charge in [-0.3, -0.25) is 0 Å². The summed E-state index contributed by atoms with van der Waals surface area (Å²) in [6.45, 7) is 2.66. The van der Waals surface area contributed by atoms with Crippen molar-refractivity contribution in [1.29, 1.82) is 5.26 Å². The molecule has 1 N–H and O–H groups in total. The highest BCUT2D eigenvalue weighted by atomic mass is 32.1. The topological polar surface area (TPSA) is 57.4 Å². The average molecular weight is 286 g/mol. The van der Waals surface area contributed by atoms with Gasteiger partial charge in [-0.05, 0) is 37.3 Å². The molecule has 0 aliphatic carbocycles. The number of hydrogen-bond donors (Lipinski definition) is 1. The van der Waals surface area contributed by atoms with Crippen LogP contribution >= 0.6 is 23.6 Å². The fourth-order valence-corrected chi connectivity index (χ4v) is 3.07. The molecule has 19 heavy (non-hydrogen) atoms. The first kappa shape index (κ1) is 12.1. The van der Waals surface area contributed by atoms with Gasteiger partial charge in [0, 0.05) is 11.1 Å². The zero-order chi connectivity index (χ0) is 13.4. The Bertz CT molecular complexity index is 848. The van der Waals surface area contributed by atoms with Crippen molar-refractivity contribution in [2.24, 2.45) is 0 Å². The molecule has 4 nitrogen and oxygen atoms in total. The number of rotatable bonds is 2. The maximum absolute atomic E-state index is 8.98. The zero-order valence-corrected chi connectivity index (χ0v) is 11.8. The van der Waals surface area contributed by atoms with Crippen LogP contribution in [0.3, 0.4) is 0 Å². The number of nitrogens with zero attached hydrogens (tertiary/aromatic N) is 3. The first-order valence-corrected chi connectivity index (χ1v) is 6.94. The van der Waals surface area contributed by atoms with Gasteiger partial charge in [0.1, 0.15) is 0 Å². The monoisotopic (exact) mass is 286 g/mol. The van der Waals surface area contributed by atoms with Crippen molar-refractivity contribution in [2.45, 2.75) is 13.5 Å². The fraction of sp³-hybridized carbons (Fsp3) is 0.154. The van der Waals surface area contributed by atoms with Gasteiger partial charge in [0.05, 0.1) is 34.2 Å². The summed E-state index contributed by atoms with van der Waals surface area (Å²) in [5.41, 5.74) is 2.54. The van der Waals surface area contributed by atoms with Gasteiger partial charge in [-0.2, -0.15) is 5.26 Å². The summed E-state index contributed by atoms with van der Waals surface area (Å²) in [7, 11) is 0. The minimum absolute atomic E-state index is 0.635. The van der Waals surface area contributed by atoms with E-state index in [1.54, 1.807) is 17.4 Å². The van der Waals surface area contributed by atoms with Crippen LogP contribution in [0.15, 0.2) is 24.4 Å². The van der Waals surface area contributed by atoms with E-state index in [0.29, 0.717) is 16.9 Å². The highest BCUT2D eigenvalue weighted by molar-refractivity contribution is 7.71. The number of aromatic amines is 1. The van der Waals surface area contributed by atoms with Crippen molar-refractivity contribution in [2.75, 3.05) is 0 Å². The minimum atomic E-state index is 0.635. The summed E-state index contributed by atoms with van der Waals surface area (Å²) >= 11 is 7.00. The smallest absolute Gasteiger partial charge is 0.178 e. The molecular formula is C13H10N4S2. The van der Waals surface area contributed by atoms with Crippen LogP contribution in [0.25, 0.3) is 11.0 Å². The van der Waals surface area contributed by atoms with E-state index in [1.165, 1.54) is 0 Å². The number of imidazole rings is 1. The van der Waals surface area contributed by atoms with Gasteiger partial charge < -0.3 is 9.55 Å². The molecule has 0 saturated carbocycles. The van der Waals surface area contributed by atoms with Crippen molar-refractivity contribution in [3.8, 4) is 6.07 Å². The third-order valence-corrected chi connectivity index (χ3v) is 4.11. The molecule has 6 heteroatoms. The first-order chi connectivity index (χ1) is 9.17. The number of nitrogens with one attached hydrogen (secondary N) is 1. The lowest BCUT2D eigenvalue weighted by Gasteiger charge is -2.01. The summed E-state index contributed by atoms with van der Waals surface area (Å²) in [6.07, 6.45) is 1.87. The lowest BCUT2D eigenvalue weighted by atomic mass is 10.2. The predicted molar refractivity (Wildman–Crippen MR) is 77.8 cm³/mol. The normalized spacial score (nSPS) is 10.7. The number of H-pyrrole nitrogens is 1. The van der Waals surface area contributed by atoms with Crippen LogP contribution in [0.4, 0.5) is 0 Å². The Kier molecular flexibility index (Phi) is 2.93. The summed E-state index contributed by atoms with van der Waals surface area (Å²) in [5, 5.41) is 10.0. The Balaban J connectivity index is 2.14. The molecule has 0 atom stereocenters. The first-order valence-electron chi connectivity index (χ1n) is 5.71. The second-order valence-corrected chi connectivity index (χ2v) is 5.91. The maximum Gasteiger partial charge on any atom is 0.178 e. The maximum atomic E-state index is 8.98. The quantitative estimate of drug-likeness (QED) is 0.735. The van der Waals surface area contributed by atoms with Crippen molar-refractivity contribution in [1.82, 2.24) is 14.5 Å². The predicted octanol–water partition coefficient (Wildman–Crippen LogP) is 3.38. The highest BCUT2D eigenvalue weighted by Gasteiger charge is 2.07. The van der Waals surface area contributed by atoms with Gasteiger partial charge in [-0.15, -0.1) is 11.3 Å². The average Bonchev–Trinajstić information content (AvgIpc) is 2.94. The van der Waals surface area contributed by atoms with Gasteiger partial charge in [0.15, 0.2) is 4.77 Å². The molecule has 0 amide bonds. The molecule has 0 aliphatic rings. The van der Waals surface area contributed by atoms with Gasteiger partial charge in [-0.25, -0.2) is 4.98 Å². The summed E-state index contributed by atoms with van der Waals surface area (Å²) in [4.78, 5) is 8.56. The van der Waals surface area contributed by atoms with E-state index in [9.17, 15) is 0 Å². The number of benzene rings is 1. The summed E-state index contributed by atoms with van der Waals surface area (Å²) in [5.74, 6) is 0. The van der Waals surface area contributed by atoms with Crippen LogP contribution in [0.1, 0.15) is 15.4 Å². The second kappa shape index (κ2) is 4.61. The summed E-state index contributed by atoms with van der Waals surface area (Å²) < 4.78 is 2.66. The van der Waals surface area contributed by atoms with Crippen LogP contribution in [-0.2, 0) is 6.54 Å². The number of thiazole rings is 1. The Labute approximate surface area is 119 Å². The van der Waals surface area contributed by atoms with Gasteiger partial charge in [-0.1, -0.05) is 0 Å². The molecular weight excluding hydrogens is 276 g/mol. The Morgan fingerprint density at radius 1 is 1.53 bits per heavy atom. The van der Waals surface area contributed by atoms with Crippen LogP contribution in [0.2, 0.25) is 0 Å². The minimum Gasteiger partial charge on any atom is -0.331 e. The largest absolute Gasteiger partial charge is 0.331 e. The number of fused-ring (bicyclic) bond motifs is 1. The molecule has 3 rings (SSSR count). The van der Waals surface area contributed by atoms with E-state index < -0.39 is 0 Å². The number of nitriles is 1. The van der Waals surface area contributed by atoms with E-state index in [4.69, 9.17) is 17.5 Å². The third kappa shape index (κ3) is 2.18. The molecule has 3 aromatic rings. The van der Waals surface area contributed by atoms with E-state index in [0.717, 1.165) is 20.9 Å². The second-order valence-electron chi connectivity index (χ2n) is 4.21. The van der Waals surface area contributed by atoms with E-state index in [2.05, 4.69) is 16.0 Å². The fourth-order valence-electron chi connectivity index (χ4n) is 2.01. The van der Waals surface area contributed by atoms with E-state index in [1.807, 2.05) is 29.8 Å². The van der Waals surface area contributed by atoms with Crippen LogP contribution < -0.4 is 0 Å². The van der Waals surface area contributed by atoms with Crippen LogP contribution in [0, 0.1) is 23.0 Å². The van der Waals surface area contributed by atoms with Gasteiger partial charge >= 0.3 is 0 Å². The van der Waals surface area contributed by atoms with E-state index in [-0.39, 0.29) is 0 Å². The zero-order valence-electron chi connectivity index (χ0n) is 10.2. The van der Waals surface area contributed by atoms with Crippen LogP contribution in [-0.4, -0.2) is 14.5 Å². The molecule has 1 aromatic carbocycles. The molecule has 0 radical (unpaired) electrons. The van der Waals surface area contributed by atoms with Crippen molar-refractivity contribution < 1.29 is 0 Å². The van der Waals surface area contributed by atoms with Crippen molar-refractivity contribution >= 4 is 34.6 Å². The summed E-state index contributed by atoms with van der Waals surface area (Å²) in [6, 6.07) is 7.68. The molecule has 2 heterocycles. The highest BCUT2D eigenvalue weighted by Crippen LogP contribution is 2.20. The molecule has 0 saturated heterocycles. The lowest BCUT2D eigenvalue weighted by molar-refractivity contribution is 0.821. The molecule has 0 aliphatic heterocycles. The molecule has 2 aromatic heterocycles. The van der Waals surface area contributed by atoms with E-state index >= 15 is 0 Å². The van der Waals surface area contributed by atoms with Crippen molar-refractivity contribution in [3.63, 3.8) is 0 Å². The third-order valence-electron chi connectivity index (χ3n) is 2.89. The standard InChI is InChI=1S/C13H10N4S2/c1-8-15-6-10(19-8)7-17-12-4-9(5-14)2-3-11(12)16-13(17)18/h2-4,6H,7H2,1H3,(H,16,18). The Morgan fingerprint density at radius 3 is 3.05 bits per heavy atom. The van der Waals surface area contributed by atoms with Crippen molar-refractivity contribution in [3.05, 3.63) is 44.6 Å². The molecule has 0 unspecified atom stereocenters. The molecule has 94 valence electrons. The number of hydrogen-bond acceptors (Lipinski definition) is 4. The van der Waals surface area contributed by atoms with Gasteiger partial charge in [0.2, 0.25) is 0 Å². The SMILES string of the molecule is Cc1ncc(Cn2c(=S)[nH]c3ccc(C#N)cc32)s1. The Morgan fingerprint density at radius 2 is 2.37 bits per heavy atom. The Hall–Kier alpha value is -1.97. The molecule has 0 spiro atoms. The molecule has 0 bridgehead atoms. The molecule has 0 fully saturated rings. The van der Waals surface area contributed by atoms with Gasteiger partial charge in [0.25, 0.3) is 0 Å². The number of aromatic nitrogens is 3. The number of aryl methyl sites for hydroxylation is 1.